The van der Waals surface area contributed by atoms with Crippen molar-refractivity contribution in [2.75, 3.05) is 19.0 Å². The van der Waals surface area contributed by atoms with E-state index in [0.29, 0.717) is 12.0 Å². The molecule has 0 atom stereocenters. The van der Waals surface area contributed by atoms with Crippen molar-refractivity contribution < 1.29 is 14.5 Å². The molecule has 6 nitrogen and oxygen atoms in total. The molecule has 1 aromatic carbocycles. The maximum Gasteiger partial charge on any atom is 0.305 e. The van der Waals surface area contributed by atoms with Gasteiger partial charge in [0.25, 0.3) is 5.69 Å². The number of hydrogen-bond donors (Lipinski definition) is 1. The van der Waals surface area contributed by atoms with Gasteiger partial charge in [-0.25, -0.2) is 0 Å². The number of esters is 1. The molecule has 0 aromatic heterocycles. The van der Waals surface area contributed by atoms with Crippen LogP contribution in [0.3, 0.4) is 0 Å². The number of carbonyl (C=O) groups excluding carboxylic acids is 1. The van der Waals surface area contributed by atoms with Crippen molar-refractivity contribution in [2.45, 2.75) is 32.6 Å². The van der Waals surface area contributed by atoms with E-state index in [4.69, 9.17) is 0 Å². The second-order valence-corrected chi connectivity index (χ2v) is 4.57. The van der Waals surface area contributed by atoms with E-state index in [1.807, 2.05) is 6.07 Å². The Bertz CT molecular complexity index is 474. The highest BCUT2D eigenvalue weighted by Crippen LogP contribution is 2.22. The largest absolute Gasteiger partial charge is 0.469 e. The number of nitrogens with one attached hydrogen (secondary N) is 1. The van der Waals surface area contributed by atoms with Gasteiger partial charge in [0.2, 0.25) is 0 Å². The van der Waals surface area contributed by atoms with Crippen molar-refractivity contribution in [1.29, 1.82) is 0 Å². The molecule has 0 aliphatic rings. The van der Waals surface area contributed by atoms with Gasteiger partial charge in [-0.1, -0.05) is 12.5 Å². The third kappa shape index (κ3) is 5.26. The van der Waals surface area contributed by atoms with Crippen LogP contribution in [0.4, 0.5) is 11.4 Å². The molecule has 0 saturated heterocycles. The van der Waals surface area contributed by atoms with Gasteiger partial charge in [-0.2, -0.15) is 0 Å². The van der Waals surface area contributed by atoms with Gasteiger partial charge in [-0.15, -0.1) is 0 Å². The Hall–Kier alpha value is -2.11. The highest BCUT2D eigenvalue weighted by molar-refractivity contribution is 5.68. The lowest BCUT2D eigenvalue weighted by molar-refractivity contribution is -0.385. The van der Waals surface area contributed by atoms with Gasteiger partial charge in [-0.05, 0) is 25.8 Å². The molecule has 1 N–H and O–H groups in total. The number of nitro groups is 1. The van der Waals surface area contributed by atoms with Gasteiger partial charge in [0, 0.05) is 30.3 Å². The Kier molecular flexibility index (Phi) is 6.49. The van der Waals surface area contributed by atoms with Crippen LogP contribution < -0.4 is 5.32 Å². The van der Waals surface area contributed by atoms with Crippen LogP contribution >= 0.6 is 0 Å². The third-order valence-electron chi connectivity index (χ3n) is 3.02. The van der Waals surface area contributed by atoms with Gasteiger partial charge in [-0.3, -0.25) is 14.9 Å². The zero-order valence-electron chi connectivity index (χ0n) is 11.8. The topological polar surface area (TPSA) is 81.5 Å². The average Bonchev–Trinajstić information content (AvgIpc) is 2.43. The molecule has 1 rings (SSSR count). The summed E-state index contributed by atoms with van der Waals surface area (Å²) in [4.78, 5) is 21.3. The third-order valence-corrected chi connectivity index (χ3v) is 3.02. The zero-order chi connectivity index (χ0) is 15.0. The van der Waals surface area contributed by atoms with Crippen molar-refractivity contribution in [2.24, 2.45) is 0 Å². The second-order valence-electron chi connectivity index (χ2n) is 4.57. The predicted molar refractivity (Wildman–Crippen MR) is 76.8 cm³/mol. The summed E-state index contributed by atoms with van der Waals surface area (Å²) in [5.41, 5.74) is 1.52. The first kappa shape index (κ1) is 15.9. The molecule has 0 aliphatic heterocycles. The molecular weight excluding hydrogens is 260 g/mol. The number of ether oxygens (including phenoxy) is 1. The number of aryl methyl sites for hydroxylation is 1. The number of hydrogen-bond acceptors (Lipinski definition) is 5. The SMILES string of the molecule is COC(=O)CCCCCNc1ccc(C)c([N+](=O)[O-])c1. The molecule has 6 heteroatoms. The molecule has 20 heavy (non-hydrogen) atoms. The first-order valence-corrected chi connectivity index (χ1v) is 6.60. The Morgan fingerprint density at radius 1 is 1.35 bits per heavy atom. The molecule has 0 spiro atoms. The molecule has 0 saturated carbocycles. The molecule has 110 valence electrons. The number of carbonyl (C=O) groups is 1. The first-order valence-electron chi connectivity index (χ1n) is 6.60. The normalized spacial score (nSPS) is 10.1. The summed E-state index contributed by atoms with van der Waals surface area (Å²) in [5.74, 6) is -0.188. The summed E-state index contributed by atoms with van der Waals surface area (Å²) in [6, 6.07) is 5.11. The van der Waals surface area contributed by atoms with Crippen molar-refractivity contribution in [3.05, 3.63) is 33.9 Å². The fourth-order valence-electron chi connectivity index (χ4n) is 1.82. The summed E-state index contributed by atoms with van der Waals surface area (Å²) in [7, 11) is 1.38. The molecule has 0 amide bonds. The van der Waals surface area contributed by atoms with Gasteiger partial charge < -0.3 is 10.1 Å². The monoisotopic (exact) mass is 280 g/mol. The molecule has 0 bridgehead atoms. The van der Waals surface area contributed by atoms with E-state index in [-0.39, 0.29) is 16.6 Å². The van der Waals surface area contributed by atoms with E-state index in [1.54, 1.807) is 19.1 Å². The highest BCUT2D eigenvalue weighted by atomic mass is 16.6. The van der Waals surface area contributed by atoms with Crippen molar-refractivity contribution >= 4 is 17.3 Å². The highest BCUT2D eigenvalue weighted by Gasteiger charge is 2.10. The fourth-order valence-corrected chi connectivity index (χ4v) is 1.82. The maximum atomic E-state index is 10.9. The minimum Gasteiger partial charge on any atom is -0.469 e. The van der Waals surface area contributed by atoms with Crippen LogP contribution in [0.2, 0.25) is 0 Å². The molecule has 0 radical (unpaired) electrons. The van der Waals surface area contributed by atoms with Crippen LogP contribution in [0, 0.1) is 17.0 Å². The number of nitro benzene ring substituents is 1. The summed E-state index contributed by atoms with van der Waals surface area (Å²) in [6.45, 7) is 2.44. The Labute approximate surface area is 118 Å². The molecule has 0 heterocycles. The van der Waals surface area contributed by atoms with E-state index >= 15 is 0 Å². The number of anilines is 1. The molecular formula is C14H20N2O4. The van der Waals surface area contributed by atoms with E-state index in [9.17, 15) is 14.9 Å². The molecule has 0 unspecified atom stereocenters. The van der Waals surface area contributed by atoms with Gasteiger partial charge in [0.15, 0.2) is 0 Å². The van der Waals surface area contributed by atoms with Gasteiger partial charge in [0.05, 0.1) is 12.0 Å². The number of methoxy groups -OCH3 is 1. The maximum absolute atomic E-state index is 10.9. The van der Waals surface area contributed by atoms with Gasteiger partial charge in [0.1, 0.15) is 0 Å². The van der Waals surface area contributed by atoms with E-state index < -0.39 is 0 Å². The summed E-state index contributed by atoms with van der Waals surface area (Å²) < 4.78 is 4.55. The molecule has 0 aliphatic carbocycles. The Balaban J connectivity index is 2.30. The first-order chi connectivity index (χ1) is 9.54. The lowest BCUT2D eigenvalue weighted by Crippen LogP contribution is -2.04. The minimum absolute atomic E-state index is 0.126. The summed E-state index contributed by atoms with van der Waals surface area (Å²) >= 11 is 0. The number of unbranched alkanes of at least 4 members (excludes halogenated alkanes) is 2. The van der Waals surface area contributed by atoms with Gasteiger partial charge >= 0.3 is 5.97 Å². The predicted octanol–water partition coefficient (Wildman–Crippen LogP) is 3.05. The van der Waals surface area contributed by atoms with E-state index in [2.05, 4.69) is 10.1 Å². The second kappa shape index (κ2) is 8.14. The fraction of sp³-hybridized carbons (Fsp3) is 0.500. The Morgan fingerprint density at radius 2 is 2.10 bits per heavy atom. The standard InChI is InChI=1S/C14H20N2O4/c1-11-7-8-12(10-13(11)16(18)19)15-9-5-3-4-6-14(17)20-2/h7-8,10,15H,3-6,9H2,1-2H3. The van der Waals surface area contributed by atoms with Crippen LogP contribution in [0.25, 0.3) is 0 Å². The van der Waals surface area contributed by atoms with Crippen LogP contribution in [-0.2, 0) is 9.53 Å². The van der Waals surface area contributed by atoms with Crippen molar-refractivity contribution in [3.63, 3.8) is 0 Å². The van der Waals surface area contributed by atoms with Crippen LogP contribution in [0.5, 0.6) is 0 Å². The number of rotatable bonds is 8. The lowest BCUT2D eigenvalue weighted by Gasteiger charge is -2.07. The summed E-state index contributed by atoms with van der Waals surface area (Å²) in [6.07, 6.45) is 3.05. The average molecular weight is 280 g/mol. The van der Waals surface area contributed by atoms with E-state index in [1.165, 1.54) is 7.11 Å². The molecule has 1 aromatic rings. The molecule has 0 fully saturated rings. The van der Waals surface area contributed by atoms with Crippen molar-refractivity contribution in [1.82, 2.24) is 0 Å². The number of nitrogens with zero attached hydrogens (tertiary/aromatic N) is 1. The van der Waals surface area contributed by atoms with Crippen LogP contribution in [0.15, 0.2) is 18.2 Å². The van der Waals surface area contributed by atoms with Crippen LogP contribution in [-0.4, -0.2) is 24.5 Å². The van der Waals surface area contributed by atoms with Crippen molar-refractivity contribution in [3.8, 4) is 0 Å². The lowest BCUT2D eigenvalue weighted by atomic mass is 10.1. The zero-order valence-corrected chi connectivity index (χ0v) is 11.8. The summed E-state index contributed by atoms with van der Waals surface area (Å²) in [5, 5.41) is 14.0. The smallest absolute Gasteiger partial charge is 0.305 e. The number of benzene rings is 1. The van der Waals surface area contributed by atoms with E-state index in [0.717, 1.165) is 31.5 Å². The Morgan fingerprint density at radius 3 is 2.75 bits per heavy atom. The minimum atomic E-state index is -0.378. The van der Waals surface area contributed by atoms with Crippen LogP contribution in [0.1, 0.15) is 31.2 Å². The quantitative estimate of drug-likeness (QED) is 0.342.